The van der Waals surface area contributed by atoms with Gasteiger partial charge in [-0.05, 0) is 48.4 Å². The Morgan fingerprint density at radius 1 is 1.23 bits per heavy atom. The number of pyridine rings is 1. The van der Waals surface area contributed by atoms with Crippen molar-refractivity contribution in [2.24, 2.45) is 0 Å². The molecule has 1 aromatic heterocycles. The molecule has 2 heterocycles. The van der Waals surface area contributed by atoms with Crippen LogP contribution in [0.4, 0.5) is 5.69 Å². The third-order valence-corrected chi connectivity index (χ3v) is 5.25. The number of carbonyl (C=O) groups excluding carboxylic acids is 1. The van der Waals surface area contributed by atoms with Gasteiger partial charge in [0.1, 0.15) is 0 Å². The molecule has 26 heavy (non-hydrogen) atoms. The zero-order chi connectivity index (χ0) is 18.1. The lowest BCUT2D eigenvalue weighted by atomic mass is 10.1. The fourth-order valence-corrected chi connectivity index (χ4v) is 3.62. The van der Waals surface area contributed by atoms with E-state index >= 15 is 0 Å². The minimum atomic E-state index is -0.572. The Hall–Kier alpha value is -2.40. The van der Waals surface area contributed by atoms with Crippen LogP contribution < -0.4 is 10.2 Å². The van der Waals surface area contributed by atoms with Crippen molar-refractivity contribution < 1.29 is 9.90 Å². The summed E-state index contributed by atoms with van der Waals surface area (Å²) in [6, 6.07) is 10.2. The van der Waals surface area contributed by atoms with E-state index in [4.69, 9.17) is 0 Å². The van der Waals surface area contributed by atoms with E-state index in [1.807, 2.05) is 31.3 Å². The third kappa shape index (κ3) is 3.88. The van der Waals surface area contributed by atoms with Crippen molar-refractivity contribution in [1.82, 2.24) is 10.3 Å². The van der Waals surface area contributed by atoms with Crippen LogP contribution in [0.25, 0.3) is 0 Å². The number of amides is 1. The minimum absolute atomic E-state index is 0.0440. The maximum atomic E-state index is 12.4. The topological polar surface area (TPSA) is 65.5 Å². The van der Waals surface area contributed by atoms with Gasteiger partial charge in [-0.1, -0.05) is 24.3 Å². The van der Waals surface area contributed by atoms with Crippen molar-refractivity contribution in [3.63, 3.8) is 0 Å². The van der Waals surface area contributed by atoms with Crippen molar-refractivity contribution in [2.45, 2.75) is 44.2 Å². The van der Waals surface area contributed by atoms with E-state index in [1.54, 1.807) is 6.20 Å². The molecule has 1 amide bonds. The summed E-state index contributed by atoms with van der Waals surface area (Å²) in [5, 5.41) is 13.3. The molecule has 1 aliphatic heterocycles. The lowest BCUT2D eigenvalue weighted by Gasteiger charge is -2.18. The molecule has 2 fully saturated rings. The fraction of sp³-hybridized carbons (Fsp3) is 0.429. The number of aryl methyl sites for hydroxylation is 1. The minimum Gasteiger partial charge on any atom is -0.389 e. The second kappa shape index (κ2) is 7.08. The molecule has 0 bridgehead atoms. The van der Waals surface area contributed by atoms with Crippen LogP contribution in [0.15, 0.2) is 42.7 Å². The van der Waals surface area contributed by atoms with Gasteiger partial charge in [-0.3, -0.25) is 9.78 Å². The molecule has 5 nitrogen and oxygen atoms in total. The summed E-state index contributed by atoms with van der Waals surface area (Å²) < 4.78 is 0. The van der Waals surface area contributed by atoms with Crippen LogP contribution in [0.5, 0.6) is 0 Å². The maximum Gasteiger partial charge on any atom is 0.224 e. The number of nitrogens with one attached hydrogen (secondary N) is 1. The molecule has 0 spiro atoms. The maximum absolute atomic E-state index is 12.4. The van der Waals surface area contributed by atoms with Gasteiger partial charge in [0, 0.05) is 19.3 Å². The van der Waals surface area contributed by atoms with Crippen LogP contribution in [0.2, 0.25) is 0 Å². The Labute approximate surface area is 154 Å². The summed E-state index contributed by atoms with van der Waals surface area (Å²) in [7, 11) is 0. The van der Waals surface area contributed by atoms with Crippen molar-refractivity contribution in [3.8, 4) is 0 Å². The smallest absolute Gasteiger partial charge is 0.224 e. The molecule has 2 N–H and O–H groups in total. The Balaban J connectivity index is 1.33. The molecule has 5 heteroatoms. The van der Waals surface area contributed by atoms with Crippen LogP contribution in [0.3, 0.4) is 0 Å². The number of anilines is 1. The number of aliphatic hydroxyl groups is 1. The van der Waals surface area contributed by atoms with Crippen LogP contribution in [0.1, 0.15) is 35.4 Å². The van der Waals surface area contributed by atoms with E-state index in [2.05, 4.69) is 27.3 Å². The first-order chi connectivity index (χ1) is 12.6. The highest BCUT2D eigenvalue weighted by molar-refractivity contribution is 5.79. The van der Waals surface area contributed by atoms with E-state index in [0.717, 1.165) is 22.7 Å². The summed E-state index contributed by atoms with van der Waals surface area (Å²) in [5.74, 6) is 0.686. The van der Waals surface area contributed by atoms with E-state index < -0.39 is 6.10 Å². The normalized spacial score (nSPS) is 22.5. The first-order valence-corrected chi connectivity index (χ1v) is 9.31. The van der Waals surface area contributed by atoms with Gasteiger partial charge >= 0.3 is 0 Å². The monoisotopic (exact) mass is 351 g/mol. The van der Waals surface area contributed by atoms with E-state index in [0.29, 0.717) is 19.5 Å². The molecule has 2 aliphatic rings. The Bertz CT molecular complexity index is 786. The van der Waals surface area contributed by atoms with Crippen LogP contribution in [-0.2, 0) is 11.2 Å². The predicted molar refractivity (Wildman–Crippen MR) is 101 cm³/mol. The fourth-order valence-electron chi connectivity index (χ4n) is 3.62. The molecule has 2 aromatic rings. The van der Waals surface area contributed by atoms with Gasteiger partial charge < -0.3 is 15.3 Å². The molecule has 2 atom stereocenters. The SMILES string of the molecule is Cc1cncc(N2C[C@H](NC(=O)Cc3ccc(C4CC4)cc3)[C@@H](O)C2)c1. The van der Waals surface area contributed by atoms with Crippen LogP contribution in [0, 0.1) is 6.92 Å². The molecule has 0 unspecified atom stereocenters. The van der Waals surface area contributed by atoms with Gasteiger partial charge in [-0.15, -0.1) is 0 Å². The Kier molecular flexibility index (Phi) is 4.64. The molecule has 4 rings (SSSR count). The highest BCUT2D eigenvalue weighted by Crippen LogP contribution is 2.39. The molecule has 0 radical (unpaired) electrons. The average molecular weight is 351 g/mol. The number of β-amino-alcohol motifs (C(OH)–C–C–N with tert-alkyl or cyclic N) is 1. The van der Waals surface area contributed by atoms with Crippen molar-refractivity contribution >= 4 is 11.6 Å². The molecule has 1 saturated heterocycles. The van der Waals surface area contributed by atoms with Crippen LogP contribution in [-0.4, -0.2) is 41.2 Å². The van der Waals surface area contributed by atoms with E-state index in [1.165, 1.54) is 18.4 Å². The second-order valence-corrected chi connectivity index (χ2v) is 7.56. The largest absolute Gasteiger partial charge is 0.389 e. The molecular formula is C21H25N3O2. The molecule has 1 aromatic carbocycles. The number of hydrogen-bond acceptors (Lipinski definition) is 4. The number of benzene rings is 1. The summed E-state index contributed by atoms with van der Waals surface area (Å²) in [6.07, 6.45) is 5.95. The summed E-state index contributed by atoms with van der Waals surface area (Å²) in [4.78, 5) is 18.7. The van der Waals surface area contributed by atoms with Crippen LogP contribution >= 0.6 is 0 Å². The van der Waals surface area contributed by atoms with Gasteiger partial charge in [0.25, 0.3) is 0 Å². The number of aromatic nitrogens is 1. The first-order valence-electron chi connectivity index (χ1n) is 9.31. The lowest BCUT2D eigenvalue weighted by molar-refractivity contribution is -0.121. The number of carbonyl (C=O) groups is 1. The summed E-state index contributed by atoms with van der Waals surface area (Å²) >= 11 is 0. The van der Waals surface area contributed by atoms with Gasteiger partial charge in [0.05, 0.1) is 30.5 Å². The van der Waals surface area contributed by atoms with Gasteiger partial charge in [-0.25, -0.2) is 0 Å². The molecule has 1 aliphatic carbocycles. The third-order valence-electron chi connectivity index (χ3n) is 5.25. The summed E-state index contributed by atoms with van der Waals surface area (Å²) in [5.41, 5.74) is 4.46. The molecule has 136 valence electrons. The quantitative estimate of drug-likeness (QED) is 0.867. The van der Waals surface area contributed by atoms with Crippen molar-refractivity contribution in [2.75, 3.05) is 18.0 Å². The molecule has 1 saturated carbocycles. The van der Waals surface area contributed by atoms with E-state index in [9.17, 15) is 9.90 Å². The standard InChI is InChI=1S/C21H25N3O2/c1-14-8-18(11-22-10-14)24-12-19(20(25)13-24)23-21(26)9-15-2-4-16(5-3-15)17-6-7-17/h2-5,8,10-11,17,19-20,25H,6-7,9,12-13H2,1H3,(H,23,26)/t19-,20-/m0/s1. The number of hydrogen-bond donors (Lipinski definition) is 2. The van der Waals surface area contributed by atoms with E-state index in [-0.39, 0.29) is 11.9 Å². The highest BCUT2D eigenvalue weighted by Gasteiger charge is 2.32. The Morgan fingerprint density at radius 2 is 2.00 bits per heavy atom. The molecular weight excluding hydrogens is 326 g/mol. The first kappa shape index (κ1) is 17.0. The van der Waals surface area contributed by atoms with Crippen molar-refractivity contribution in [1.29, 1.82) is 0 Å². The number of nitrogens with zero attached hydrogens (tertiary/aromatic N) is 2. The lowest BCUT2D eigenvalue weighted by Crippen LogP contribution is -2.43. The van der Waals surface area contributed by atoms with Gasteiger partial charge in [-0.2, -0.15) is 0 Å². The average Bonchev–Trinajstić information content (AvgIpc) is 3.40. The number of rotatable bonds is 5. The Morgan fingerprint density at radius 3 is 2.69 bits per heavy atom. The zero-order valence-electron chi connectivity index (χ0n) is 15.1. The predicted octanol–water partition coefficient (Wildman–Crippen LogP) is 2.18. The second-order valence-electron chi connectivity index (χ2n) is 7.56. The van der Waals surface area contributed by atoms with Gasteiger partial charge in [0.15, 0.2) is 0 Å². The zero-order valence-corrected chi connectivity index (χ0v) is 15.1. The summed E-state index contributed by atoms with van der Waals surface area (Å²) in [6.45, 7) is 3.10. The van der Waals surface area contributed by atoms with Gasteiger partial charge in [0.2, 0.25) is 5.91 Å². The van der Waals surface area contributed by atoms with Crippen molar-refractivity contribution in [3.05, 3.63) is 59.4 Å². The highest BCUT2D eigenvalue weighted by atomic mass is 16.3. The number of aliphatic hydroxyl groups excluding tert-OH is 1.